The lowest BCUT2D eigenvalue weighted by Crippen LogP contribution is -2.37. The normalized spacial score (nSPS) is 14.8. The van der Waals surface area contributed by atoms with Crippen LogP contribution in [0.2, 0.25) is 0 Å². The number of furan rings is 1. The smallest absolute Gasteiger partial charge is 0.244 e. The summed E-state index contributed by atoms with van der Waals surface area (Å²) in [5.41, 5.74) is -1.25. The maximum atomic E-state index is 11.9. The molecule has 0 radical (unpaired) electrons. The summed E-state index contributed by atoms with van der Waals surface area (Å²) in [4.78, 5) is 17.2. The van der Waals surface area contributed by atoms with Gasteiger partial charge in [-0.05, 0) is 32.1 Å². The van der Waals surface area contributed by atoms with Crippen LogP contribution in [0.15, 0.2) is 28.8 Å². The number of carbonyl (C=O) groups excluding carboxylic acids is 1. The lowest BCUT2D eigenvalue weighted by atomic mass is 9.98. The topological polar surface area (TPSA) is 75.4 Å². The van der Waals surface area contributed by atoms with Crippen molar-refractivity contribution in [3.8, 4) is 0 Å². The average molecular weight is 348 g/mol. The Labute approximate surface area is 146 Å². The van der Waals surface area contributed by atoms with Crippen LogP contribution in [0.5, 0.6) is 0 Å². The van der Waals surface area contributed by atoms with Gasteiger partial charge in [0.05, 0.1) is 11.6 Å². The molecule has 0 saturated carbocycles. The molecule has 0 spiro atoms. The molecule has 1 unspecified atom stereocenters. The Balaban J connectivity index is 1.92. The van der Waals surface area contributed by atoms with Gasteiger partial charge < -0.3 is 14.8 Å². The van der Waals surface area contributed by atoms with E-state index in [2.05, 4.69) is 31.1 Å². The number of rotatable bonds is 5. The molecule has 5 nitrogen and oxygen atoms in total. The van der Waals surface area contributed by atoms with Crippen molar-refractivity contribution in [2.24, 2.45) is 0 Å². The monoisotopic (exact) mass is 348 g/mol. The molecule has 2 heterocycles. The molecule has 130 valence electrons. The van der Waals surface area contributed by atoms with Crippen LogP contribution in [-0.2, 0) is 15.8 Å². The number of nitrogens with one attached hydrogen (secondary N) is 1. The van der Waals surface area contributed by atoms with E-state index in [0.717, 1.165) is 15.6 Å². The molecular weight excluding hydrogens is 324 g/mol. The van der Waals surface area contributed by atoms with Crippen LogP contribution in [0, 0.1) is 6.92 Å². The van der Waals surface area contributed by atoms with E-state index in [1.54, 1.807) is 42.7 Å². The van der Waals surface area contributed by atoms with E-state index in [1.807, 2.05) is 6.92 Å². The Morgan fingerprint density at radius 2 is 2.08 bits per heavy atom. The number of carbonyl (C=O) groups is 1. The molecule has 0 aliphatic heterocycles. The van der Waals surface area contributed by atoms with E-state index in [-0.39, 0.29) is 17.9 Å². The van der Waals surface area contributed by atoms with Gasteiger partial charge in [0.15, 0.2) is 0 Å². The number of aliphatic hydroxyl groups is 1. The highest BCUT2D eigenvalue weighted by Gasteiger charge is 2.27. The van der Waals surface area contributed by atoms with Gasteiger partial charge >= 0.3 is 0 Å². The molecule has 2 aromatic rings. The average Bonchev–Trinajstić information content (AvgIpc) is 3.11. The highest BCUT2D eigenvalue weighted by molar-refractivity contribution is 7.12. The van der Waals surface area contributed by atoms with Gasteiger partial charge in [-0.3, -0.25) is 4.79 Å². The molecule has 0 aliphatic carbocycles. The molecule has 2 N–H and O–H groups in total. The predicted molar refractivity (Wildman–Crippen MR) is 95.9 cm³/mol. The molecule has 1 amide bonds. The number of hydrogen-bond acceptors (Lipinski definition) is 5. The quantitative estimate of drug-likeness (QED) is 0.812. The van der Waals surface area contributed by atoms with Crippen molar-refractivity contribution in [3.05, 3.63) is 45.8 Å². The molecular formula is C18H24N2O3S. The number of aryl methyl sites for hydroxylation is 1. The minimum atomic E-state index is -1.25. The van der Waals surface area contributed by atoms with Gasteiger partial charge in [-0.25, -0.2) is 4.98 Å². The zero-order valence-electron chi connectivity index (χ0n) is 14.7. The largest absolute Gasteiger partial charge is 0.463 e. The van der Waals surface area contributed by atoms with Gasteiger partial charge in [-0.15, -0.1) is 11.3 Å². The summed E-state index contributed by atoms with van der Waals surface area (Å²) in [6.07, 6.45) is 4.94. The number of nitrogens with zero attached hydrogens (tertiary/aromatic N) is 1. The minimum Gasteiger partial charge on any atom is -0.463 e. The summed E-state index contributed by atoms with van der Waals surface area (Å²) in [5, 5.41) is 14.1. The third-order valence-corrected chi connectivity index (χ3v) is 4.83. The lowest BCUT2D eigenvalue weighted by Gasteiger charge is -2.20. The Hall–Kier alpha value is -1.92. The van der Waals surface area contributed by atoms with Crippen LogP contribution in [0.1, 0.15) is 49.1 Å². The third-order valence-electron chi connectivity index (χ3n) is 3.44. The Morgan fingerprint density at radius 1 is 1.38 bits per heavy atom. The van der Waals surface area contributed by atoms with E-state index in [0.29, 0.717) is 5.76 Å². The first-order chi connectivity index (χ1) is 11.1. The van der Waals surface area contributed by atoms with Crippen molar-refractivity contribution in [1.29, 1.82) is 0 Å². The first-order valence-corrected chi connectivity index (χ1v) is 8.61. The van der Waals surface area contributed by atoms with E-state index >= 15 is 0 Å². The summed E-state index contributed by atoms with van der Waals surface area (Å²) in [6, 6.07) is 3.49. The zero-order chi connectivity index (χ0) is 18.0. The highest BCUT2D eigenvalue weighted by atomic mass is 32.1. The standard InChI is InChI=1S/C18H24N2O3S/c1-12-6-8-14(23-12)18(5,22)11-20-15(21)9-7-13-10-19-16(24-13)17(2,3)4/h6-10,22H,11H2,1-5H3,(H,20,21). The molecule has 0 bridgehead atoms. The maximum Gasteiger partial charge on any atom is 0.244 e. The van der Waals surface area contributed by atoms with Gasteiger partial charge in [-0.2, -0.15) is 0 Å². The molecule has 2 rings (SSSR count). The fraction of sp³-hybridized carbons (Fsp3) is 0.444. The van der Waals surface area contributed by atoms with Gasteiger partial charge in [-0.1, -0.05) is 20.8 Å². The van der Waals surface area contributed by atoms with Crippen molar-refractivity contribution in [2.75, 3.05) is 6.54 Å². The van der Waals surface area contributed by atoms with Crippen LogP contribution in [0.25, 0.3) is 6.08 Å². The van der Waals surface area contributed by atoms with Gasteiger partial charge in [0.2, 0.25) is 5.91 Å². The Bertz CT molecular complexity index is 736. The fourth-order valence-electron chi connectivity index (χ4n) is 2.00. The van der Waals surface area contributed by atoms with E-state index in [9.17, 15) is 9.90 Å². The highest BCUT2D eigenvalue weighted by Crippen LogP contribution is 2.27. The van der Waals surface area contributed by atoms with Crippen molar-refractivity contribution in [3.63, 3.8) is 0 Å². The summed E-state index contributed by atoms with van der Waals surface area (Å²) in [5.74, 6) is 0.877. The first-order valence-electron chi connectivity index (χ1n) is 7.79. The SMILES string of the molecule is Cc1ccc(C(C)(O)CNC(=O)C=Cc2cnc(C(C)(C)C)s2)o1. The lowest BCUT2D eigenvalue weighted by molar-refractivity contribution is -0.117. The third kappa shape index (κ3) is 4.79. The minimum absolute atomic E-state index is 0.00110. The number of hydrogen-bond donors (Lipinski definition) is 2. The van der Waals surface area contributed by atoms with Crippen molar-refractivity contribution >= 4 is 23.3 Å². The summed E-state index contributed by atoms with van der Waals surface area (Å²) in [6.45, 7) is 9.79. The van der Waals surface area contributed by atoms with Crippen LogP contribution in [0.3, 0.4) is 0 Å². The van der Waals surface area contributed by atoms with E-state index in [1.165, 1.54) is 6.08 Å². The molecule has 0 aliphatic rings. The van der Waals surface area contributed by atoms with Crippen LogP contribution in [0.4, 0.5) is 0 Å². The van der Waals surface area contributed by atoms with Gasteiger partial charge in [0.25, 0.3) is 0 Å². The van der Waals surface area contributed by atoms with Crippen molar-refractivity contribution in [1.82, 2.24) is 10.3 Å². The van der Waals surface area contributed by atoms with Crippen LogP contribution < -0.4 is 5.32 Å². The number of thiazole rings is 1. The second-order valence-electron chi connectivity index (χ2n) is 7.05. The number of amides is 1. The summed E-state index contributed by atoms with van der Waals surface area (Å²) < 4.78 is 5.42. The van der Waals surface area contributed by atoms with Gasteiger partial charge in [0, 0.05) is 22.6 Å². The van der Waals surface area contributed by atoms with E-state index in [4.69, 9.17) is 4.42 Å². The molecule has 0 saturated heterocycles. The molecule has 0 aromatic carbocycles. The Morgan fingerprint density at radius 3 is 2.62 bits per heavy atom. The van der Waals surface area contributed by atoms with E-state index < -0.39 is 5.60 Å². The first kappa shape index (κ1) is 18.4. The molecule has 0 fully saturated rings. The second-order valence-corrected chi connectivity index (χ2v) is 8.12. The molecule has 6 heteroatoms. The maximum absolute atomic E-state index is 11.9. The molecule has 1 atom stereocenters. The van der Waals surface area contributed by atoms with Crippen molar-refractivity contribution < 1.29 is 14.3 Å². The Kier molecular flexibility index (Phi) is 5.30. The zero-order valence-corrected chi connectivity index (χ0v) is 15.5. The summed E-state index contributed by atoms with van der Waals surface area (Å²) in [7, 11) is 0. The molecule has 2 aromatic heterocycles. The summed E-state index contributed by atoms with van der Waals surface area (Å²) >= 11 is 1.56. The van der Waals surface area contributed by atoms with Gasteiger partial charge in [0.1, 0.15) is 17.1 Å². The second kappa shape index (κ2) is 6.91. The van der Waals surface area contributed by atoms with Crippen LogP contribution >= 0.6 is 11.3 Å². The number of aromatic nitrogens is 1. The fourth-order valence-corrected chi connectivity index (χ4v) is 2.87. The predicted octanol–water partition coefficient (Wildman–Crippen LogP) is 3.38. The van der Waals surface area contributed by atoms with Crippen LogP contribution in [-0.4, -0.2) is 22.5 Å². The molecule has 24 heavy (non-hydrogen) atoms. The van der Waals surface area contributed by atoms with Crippen molar-refractivity contribution in [2.45, 2.75) is 45.6 Å².